The molecule has 2 heterocycles. The van der Waals surface area contributed by atoms with E-state index in [0.29, 0.717) is 18.5 Å². The van der Waals surface area contributed by atoms with Crippen LogP contribution in [-0.4, -0.2) is 60.4 Å². The first-order chi connectivity index (χ1) is 13.1. The molecule has 0 bridgehead atoms. The van der Waals surface area contributed by atoms with Crippen LogP contribution in [0.5, 0.6) is 0 Å². The van der Waals surface area contributed by atoms with Gasteiger partial charge in [-0.1, -0.05) is 0 Å². The van der Waals surface area contributed by atoms with Crippen molar-refractivity contribution < 1.29 is 22.7 Å². The molecule has 2 unspecified atom stereocenters. The molecule has 7 nitrogen and oxygen atoms in total. The van der Waals surface area contributed by atoms with Gasteiger partial charge in [0.05, 0.1) is 17.1 Å². The summed E-state index contributed by atoms with van der Waals surface area (Å²) in [4.78, 5) is 30.1. The van der Waals surface area contributed by atoms with E-state index in [2.05, 4.69) is 4.98 Å². The Morgan fingerprint density at radius 1 is 1.32 bits per heavy atom. The van der Waals surface area contributed by atoms with Crippen molar-refractivity contribution in [2.24, 2.45) is 0 Å². The summed E-state index contributed by atoms with van der Waals surface area (Å²) in [6.45, 7) is 7.63. The van der Waals surface area contributed by atoms with Gasteiger partial charge in [-0.15, -0.1) is 0 Å². The predicted octanol–water partition coefficient (Wildman–Crippen LogP) is 2.37. The number of ether oxygens (including phenoxy) is 1. The number of esters is 1. The Morgan fingerprint density at radius 3 is 2.64 bits per heavy atom. The van der Waals surface area contributed by atoms with Gasteiger partial charge >= 0.3 is 5.97 Å². The van der Waals surface area contributed by atoms with Crippen LogP contribution in [0.2, 0.25) is 0 Å². The van der Waals surface area contributed by atoms with Crippen LogP contribution < -0.4 is 0 Å². The van der Waals surface area contributed by atoms with Crippen molar-refractivity contribution >= 4 is 32.6 Å². The van der Waals surface area contributed by atoms with Crippen LogP contribution in [0.1, 0.15) is 41.9 Å². The summed E-state index contributed by atoms with van der Waals surface area (Å²) in [7, 11) is -3.10. The van der Waals surface area contributed by atoms with E-state index in [4.69, 9.17) is 4.74 Å². The lowest BCUT2D eigenvalue weighted by Crippen LogP contribution is -2.46. The Kier molecular flexibility index (Phi) is 5.52. The summed E-state index contributed by atoms with van der Waals surface area (Å²) in [5.41, 5.74) is 3.42. The summed E-state index contributed by atoms with van der Waals surface area (Å²) < 4.78 is 28.9. The highest BCUT2D eigenvalue weighted by Gasteiger charge is 2.36. The van der Waals surface area contributed by atoms with E-state index in [1.807, 2.05) is 19.9 Å². The van der Waals surface area contributed by atoms with Gasteiger partial charge in [-0.2, -0.15) is 0 Å². The fourth-order valence-corrected chi connectivity index (χ4v) is 5.45. The molecule has 0 aliphatic carbocycles. The minimum Gasteiger partial charge on any atom is -0.449 e. The van der Waals surface area contributed by atoms with Crippen molar-refractivity contribution in [3.63, 3.8) is 0 Å². The Bertz CT molecular complexity index is 1020. The fourth-order valence-electron chi connectivity index (χ4n) is 3.72. The Labute approximate surface area is 165 Å². The van der Waals surface area contributed by atoms with Crippen LogP contribution in [-0.2, 0) is 19.4 Å². The first kappa shape index (κ1) is 20.4. The van der Waals surface area contributed by atoms with Crippen molar-refractivity contribution in [1.29, 1.82) is 0 Å². The number of aryl methyl sites for hydroxylation is 2. The number of amides is 1. The lowest BCUT2D eigenvalue weighted by Gasteiger charge is -2.29. The standard InChI is InChI=1S/C20H26N2O5S/c1-5-22(16-8-9-28(25,26)11-16)19(23)14(4)27-20(24)15-6-7-18-17(10-15)12(2)13(3)21-18/h6-7,10,14,16,21H,5,8-9,11H2,1-4H3. The average Bonchev–Trinajstić information content (AvgIpc) is 3.14. The van der Waals surface area contributed by atoms with Gasteiger partial charge in [-0.05, 0) is 57.9 Å². The van der Waals surface area contributed by atoms with Crippen molar-refractivity contribution in [2.45, 2.75) is 46.3 Å². The van der Waals surface area contributed by atoms with Gasteiger partial charge < -0.3 is 14.6 Å². The maximum Gasteiger partial charge on any atom is 0.338 e. The van der Waals surface area contributed by atoms with E-state index >= 15 is 0 Å². The molecule has 8 heteroatoms. The molecule has 1 aromatic carbocycles. The first-order valence-electron chi connectivity index (χ1n) is 9.43. The number of nitrogens with one attached hydrogen (secondary N) is 1. The fraction of sp³-hybridized carbons (Fsp3) is 0.500. The number of aromatic amines is 1. The van der Waals surface area contributed by atoms with Crippen LogP contribution in [0.25, 0.3) is 10.9 Å². The highest BCUT2D eigenvalue weighted by Crippen LogP contribution is 2.23. The molecule has 1 amide bonds. The van der Waals surface area contributed by atoms with E-state index in [1.165, 1.54) is 11.8 Å². The number of likely N-dealkylation sites (N-methyl/N-ethyl adjacent to an activating group) is 1. The summed E-state index contributed by atoms with van der Waals surface area (Å²) in [5.74, 6) is -0.884. The molecular weight excluding hydrogens is 380 g/mol. The minimum atomic E-state index is -3.10. The number of fused-ring (bicyclic) bond motifs is 1. The van der Waals surface area contributed by atoms with Gasteiger partial charge in [0.25, 0.3) is 5.91 Å². The molecule has 1 N–H and O–H groups in total. The highest BCUT2D eigenvalue weighted by molar-refractivity contribution is 7.91. The lowest BCUT2D eigenvalue weighted by molar-refractivity contribution is -0.141. The average molecular weight is 407 g/mol. The smallest absolute Gasteiger partial charge is 0.338 e. The second-order valence-corrected chi connectivity index (χ2v) is 9.59. The molecule has 1 saturated heterocycles. The Morgan fingerprint density at radius 2 is 2.04 bits per heavy atom. The maximum atomic E-state index is 12.8. The molecule has 28 heavy (non-hydrogen) atoms. The Hall–Kier alpha value is -2.35. The number of benzene rings is 1. The van der Waals surface area contributed by atoms with Crippen LogP contribution >= 0.6 is 0 Å². The maximum absolute atomic E-state index is 12.8. The van der Waals surface area contributed by atoms with Gasteiger partial charge in [-0.25, -0.2) is 13.2 Å². The molecule has 0 radical (unpaired) electrons. The van der Waals surface area contributed by atoms with Gasteiger partial charge in [0.15, 0.2) is 15.9 Å². The van der Waals surface area contributed by atoms with Gasteiger partial charge in [0.1, 0.15) is 0 Å². The van der Waals surface area contributed by atoms with E-state index in [9.17, 15) is 18.0 Å². The van der Waals surface area contributed by atoms with E-state index in [0.717, 1.165) is 22.2 Å². The number of aromatic nitrogens is 1. The second-order valence-electron chi connectivity index (χ2n) is 7.36. The van der Waals surface area contributed by atoms with Crippen LogP contribution in [0.4, 0.5) is 0 Å². The number of sulfone groups is 1. The molecule has 152 valence electrons. The number of H-pyrrole nitrogens is 1. The molecule has 2 aromatic rings. The predicted molar refractivity (Wildman–Crippen MR) is 107 cm³/mol. The third-order valence-corrected chi connectivity index (χ3v) is 7.20. The number of hydrogen-bond donors (Lipinski definition) is 1. The monoisotopic (exact) mass is 406 g/mol. The highest BCUT2D eigenvalue weighted by atomic mass is 32.2. The van der Waals surface area contributed by atoms with E-state index < -0.39 is 21.9 Å². The third-order valence-electron chi connectivity index (χ3n) is 5.45. The number of nitrogens with zero attached hydrogens (tertiary/aromatic N) is 1. The number of rotatable bonds is 5. The molecular formula is C20H26N2O5S. The first-order valence-corrected chi connectivity index (χ1v) is 11.3. The zero-order valence-corrected chi connectivity index (χ0v) is 17.4. The largest absolute Gasteiger partial charge is 0.449 e. The second kappa shape index (κ2) is 7.58. The number of carbonyl (C=O) groups excluding carboxylic acids is 2. The quantitative estimate of drug-likeness (QED) is 0.769. The van der Waals surface area contributed by atoms with Gasteiger partial charge in [0.2, 0.25) is 0 Å². The topological polar surface area (TPSA) is 96.5 Å². The summed E-state index contributed by atoms with van der Waals surface area (Å²) in [6.07, 6.45) is -0.564. The van der Waals surface area contributed by atoms with Crippen molar-refractivity contribution in [1.82, 2.24) is 9.88 Å². The van der Waals surface area contributed by atoms with Crippen LogP contribution in [0.15, 0.2) is 18.2 Å². The van der Waals surface area contributed by atoms with Gasteiger partial charge in [-0.3, -0.25) is 4.79 Å². The summed E-state index contributed by atoms with van der Waals surface area (Å²) >= 11 is 0. The minimum absolute atomic E-state index is 0.0317. The molecule has 1 aliphatic heterocycles. The normalized spacial score (nSPS) is 19.5. The van der Waals surface area contributed by atoms with E-state index in [1.54, 1.807) is 19.1 Å². The van der Waals surface area contributed by atoms with Crippen molar-refractivity contribution in [3.8, 4) is 0 Å². The van der Waals surface area contributed by atoms with Crippen molar-refractivity contribution in [2.75, 3.05) is 18.1 Å². The Balaban J connectivity index is 1.72. The molecule has 0 spiro atoms. The number of hydrogen-bond acceptors (Lipinski definition) is 5. The van der Waals surface area contributed by atoms with Crippen molar-refractivity contribution in [3.05, 3.63) is 35.0 Å². The van der Waals surface area contributed by atoms with E-state index in [-0.39, 0.29) is 23.5 Å². The van der Waals surface area contributed by atoms with Gasteiger partial charge in [0, 0.05) is 29.2 Å². The third kappa shape index (κ3) is 3.92. The molecule has 1 aromatic heterocycles. The number of carbonyl (C=O) groups is 2. The molecule has 1 fully saturated rings. The molecule has 3 rings (SSSR count). The SMILES string of the molecule is CCN(C(=O)C(C)OC(=O)c1ccc2[nH]c(C)c(C)c2c1)C1CCS(=O)(=O)C1. The lowest BCUT2D eigenvalue weighted by atomic mass is 10.1. The molecule has 2 atom stereocenters. The zero-order valence-electron chi connectivity index (χ0n) is 16.6. The zero-order chi connectivity index (χ0) is 20.6. The molecule has 1 aliphatic rings. The molecule has 0 saturated carbocycles. The summed E-state index contributed by atoms with van der Waals surface area (Å²) in [5, 5.41) is 0.942. The van der Waals surface area contributed by atoms with Crippen LogP contribution in [0.3, 0.4) is 0 Å². The summed E-state index contributed by atoms with van der Waals surface area (Å²) in [6, 6.07) is 4.89. The van der Waals surface area contributed by atoms with Crippen LogP contribution in [0, 0.1) is 13.8 Å².